The molecule has 0 atom stereocenters. The molecule has 1 N–H and O–H groups in total. The van der Waals surface area contributed by atoms with Gasteiger partial charge in [-0.25, -0.2) is 4.98 Å². The Hall–Kier alpha value is -3.03. The zero-order valence-electron chi connectivity index (χ0n) is 20.0. The third-order valence-electron chi connectivity index (χ3n) is 5.49. The van der Waals surface area contributed by atoms with Crippen molar-refractivity contribution in [2.45, 2.75) is 49.6 Å². The van der Waals surface area contributed by atoms with Crippen LogP contribution in [0.25, 0.3) is 28.2 Å². The number of aromatic nitrogens is 2. The molecule has 35 heavy (non-hydrogen) atoms. The average molecular weight is 497 g/mol. The van der Waals surface area contributed by atoms with Crippen LogP contribution in [0.4, 0.5) is 13.2 Å². The lowest BCUT2D eigenvalue weighted by molar-refractivity contribution is -0.137. The van der Waals surface area contributed by atoms with E-state index in [9.17, 15) is 18.3 Å². The molecule has 0 amide bonds. The molecule has 3 nitrogen and oxygen atoms in total. The maximum Gasteiger partial charge on any atom is 0.417 e. The normalized spacial score (nSPS) is 12.4. The molecule has 0 aliphatic heterocycles. The molecule has 1 heterocycles. The molecule has 7 heteroatoms. The number of rotatable bonds is 6. The summed E-state index contributed by atoms with van der Waals surface area (Å²) in [6.07, 6.45) is -2.94. The third-order valence-corrected chi connectivity index (χ3v) is 6.49. The van der Waals surface area contributed by atoms with Gasteiger partial charge in [-0.1, -0.05) is 56.3 Å². The molecular formula is C28H27F3N2OS. The van der Waals surface area contributed by atoms with Crippen molar-refractivity contribution in [3.05, 3.63) is 90.3 Å². The van der Waals surface area contributed by atoms with Crippen molar-refractivity contribution >= 4 is 11.8 Å². The number of hydrogen-bond acceptors (Lipinski definition) is 3. The van der Waals surface area contributed by atoms with Gasteiger partial charge in [-0.2, -0.15) is 13.2 Å². The number of halogens is 3. The Morgan fingerprint density at radius 2 is 1.57 bits per heavy atom. The third kappa shape index (κ3) is 5.63. The second kappa shape index (κ2) is 9.55. The van der Waals surface area contributed by atoms with E-state index < -0.39 is 17.3 Å². The fourth-order valence-corrected chi connectivity index (χ4v) is 4.72. The van der Waals surface area contributed by atoms with Crippen LogP contribution in [0.3, 0.4) is 0 Å². The van der Waals surface area contributed by atoms with E-state index in [0.29, 0.717) is 10.9 Å². The first kappa shape index (κ1) is 25.1. The van der Waals surface area contributed by atoms with Crippen LogP contribution >= 0.6 is 11.8 Å². The molecule has 0 spiro atoms. The Labute approximate surface area is 207 Å². The lowest BCUT2D eigenvalue weighted by Gasteiger charge is -2.14. The minimum Gasteiger partial charge on any atom is -0.384 e. The molecule has 0 saturated carbocycles. The largest absolute Gasteiger partial charge is 0.417 e. The minimum atomic E-state index is -4.54. The highest BCUT2D eigenvalue weighted by molar-refractivity contribution is 7.99. The summed E-state index contributed by atoms with van der Waals surface area (Å²) in [7, 11) is 0. The van der Waals surface area contributed by atoms with Crippen LogP contribution in [0.15, 0.2) is 83.9 Å². The summed E-state index contributed by atoms with van der Waals surface area (Å²) in [5.41, 5.74) is 0.862. The van der Waals surface area contributed by atoms with Gasteiger partial charge in [0.1, 0.15) is 11.4 Å². The molecule has 4 aromatic rings. The summed E-state index contributed by atoms with van der Waals surface area (Å²) in [5, 5.41) is 11.0. The highest BCUT2D eigenvalue weighted by Crippen LogP contribution is 2.38. The molecule has 3 aromatic carbocycles. The van der Waals surface area contributed by atoms with Crippen LogP contribution in [-0.4, -0.2) is 19.9 Å². The highest BCUT2D eigenvalue weighted by atomic mass is 32.2. The average Bonchev–Trinajstić information content (AvgIpc) is 3.24. The fourth-order valence-electron chi connectivity index (χ4n) is 3.82. The summed E-state index contributed by atoms with van der Waals surface area (Å²) < 4.78 is 42.9. The Morgan fingerprint density at radius 3 is 2.20 bits per heavy atom. The van der Waals surface area contributed by atoms with Crippen LogP contribution in [0.1, 0.15) is 39.0 Å². The van der Waals surface area contributed by atoms with Crippen LogP contribution in [0.5, 0.6) is 0 Å². The van der Waals surface area contributed by atoms with E-state index in [-0.39, 0.29) is 17.1 Å². The molecule has 4 rings (SSSR count). The molecule has 182 valence electrons. The topological polar surface area (TPSA) is 38.0 Å². The first-order valence-electron chi connectivity index (χ1n) is 11.3. The van der Waals surface area contributed by atoms with Gasteiger partial charge in [-0.05, 0) is 55.3 Å². The molecule has 0 aliphatic rings. The summed E-state index contributed by atoms with van der Waals surface area (Å²) in [5.74, 6) is 0.123. The maximum atomic E-state index is 13.8. The molecule has 0 fully saturated rings. The number of alkyl halides is 3. The predicted molar refractivity (Wildman–Crippen MR) is 136 cm³/mol. The number of nitrogens with zero attached hydrogens (tertiary/aromatic N) is 2. The van der Waals surface area contributed by atoms with Gasteiger partial charge in [0.2, 0.25) is 0 Å². The number of thioether (sulfide) groups is 1. The molecule has 0 aliphatic carbocycles. The summed E-state index contributed by atoms with van der Waals surface area (Å²) in [4.78, 5) is 5.61. The van der Waals surface area contributed by atoms with E-state index in [1.807, 2.05) is 36.4 Å². The quantitative estimate of drug-likeness (QED) is 0.275. The van der Waals surface area contributed by atoms with Crippen LogP contribution in [0, 0.1) is 0 Å². The first-order chi connectivity index (χ1) is 16.4. The number of benzene rings is 3. The smallest absolute Gasteiger partial charge is 0.384 e. The van der Waals surface area contributed by atoms with Gasteiger partial charge in [-0.3, -0.25) is 4.57 Å². The van der Waals surface area contributed by atoms with Crippen molar-refractivity contribution in [3.63, 3.8) is 0 Å². The van der Waals surface area contributed by atoms with E-state index >= 15 is 0 Å². The van der Waals surface area contributed by atoms with Gasteiger partial charge in [0.25, 0.3) is 0 Å². The lowest BCUT2D eigenvalue weighted by Crippen LogP contribution is -2.15. The Morgan fingerprint density at radius 1 is 0.886 bits per heavy atom. The Kier molecular flexibility index (Phi) is 6.84. The summed E-state index contributed by atoms with van der Waals surface area (Å²) >= 11 is 1.79. The van der Waals surface area contributed by atoms with Gasteiger partial charge >= 0.3 is 6.18 Å². The SMILES string of the molecule is CC(C)Sc1cccc(-c2ccc(-n3cc(C(C)(C)O)nc3-c3ccccc3C(F)(F)F)cc2)c1. The minimum absolute atomic E-state index is 0.0435. The first-order valence-corrected chi connectivity index (χ1v) is 12.2. The van der Waals surface area contributed by atoms with Gasteiger partial charge < -0.3 is 5.11 Å². The van der Waals surface area contributed by atoms with E-state index in [1.54, 1.807) is 42.4 Å². The predicted octanol–water partition coefficient (Wildman–Crippen LogP) is 7.95. The van der Waals surface area contributed by atoms with Crippen LogP contribution in [-0.2, 0) is 11.8 Å². The van der Waals surface area contributed by atoms with Crippen molar-refractivity contribution < 1.29 is 18.3 Å². The van der Waals surface area contributed by atoms with Gasteiger partial charge in [0.15, 0.2) is 0 Å². The zero-order valence-corrected chi connectivity index (χ0v) is 20.8. The van der Waals surface area contributed by atoms with Gasteiger partial charge in [0.05, 0.1) is 11.3 Å². The Bertz CT molecular complexity index is 1320. The second-order valence-corrected chi connectivity index (χ2v) is 10.8. The van der Waals surface area contributed by atoms with Crippen molar-refractivity contribution in [2.75, 3.05) is 0 Å². The zero-order chi connectivity index (χ0) is 25.4. The van der Waals surface area contributed by atoms with Gasteiger partial charge in [-0.15, -0.1) is 11.8 Å². The molecular weight excluding hydrogens is 469 g/mol. The molecule has 0 radical (unpaired) electrons. The molecule has 0 bridgehead atoms. The van der Waals surface area contributed by atoms with Crippen molar-refractivity contribution in [2.24, 2.45) is 0 Å². The van der Waals surface area contributed by atoms with Crippen molar-refractivity contribution in [1.82, 2.24) is 9.55 Å². The second-order valence-electron chi connectivity index (χ2n) is 9.16. The lowest BCUT2D eigenvalue weighted by atomic mass is 10.0. The molecule has 0 unspecified atom stereocenters. The summed E-state index contributed by atoms with van der Waals surface area (Å²) in [6.45, 7) is 7.41. The van der Waals surface area contributed by atoms with Crippen LogP contribution < -0.4 is 0 Å². The van der Waals surface area contributed by atoms with E-state index in [4.69, 9.17) is 0 Å². The van der Waals surface area contributed by atoms with Gasteiger partial charge in [0, 0.05) is 27.6 Å². The van der Waals surface area contributed by atoms with Crippen molar-refractivity contribution in [3.8, 4) is 28.2 Å². The van der Waals surface area contributed by atoms with Crippen LogP contribution in [0.2, 0.25) is 0 Å². The van der Waals surface area contributed by atoms with E-state index in [1.165, 1.54) is 17.0 Å². The number of hydrogen-bond donors (Lipinski definition) is 1. The van der Waals surface area contributed by atoms with E-state index in [0.717, 1.165) is 17.2 Å². The Balaban J connectivity index is 1.79. The highest BCUT2D eigenvalue weighted by Gasteiger charge is 2.35. The molecule has 0 saturated heterocycles. The number of aliphatic hydroxyl groups is 1. The monoisotopic (exact) mass is 496 g/mol. The fraction of sp³-hybridized carbons (Fsp3) is 0.250. The summed E-state index contributed by atoms with van der Waals surface area (Å²) in [6, 6.07) is 21.2. The number of imidazole rings is 1. The van der Waals surface area contributed by atoms with E-state index in [2.05, 4.69) is 31.0 Å². The molecule has 1 aromatic heterocycles. The standard InChI is InChI=1S/C28H27F3N2OS/c1-18(2)35-22-9-7-8-20(16-22)19-12-14-21(15-13-19)33-17-25(27(3,4)34)32-26(33)23-10-5-6-11-24(23)28(29,30)31/h5-18,34H,1-4H3. The maximum absolute atomic E-state index is 13.8. The van der Waals surface area contributed by atoms with Crippen molar-refractivity contribution in [1.29, 1.82) is 0 Å².